The minimum atomic E-state index is -0.237. The summed E-state index contributed by atoms with van der Waals surface area (Å²) in [5.41, 5.74) is 3.86. The molecule has 0 saturated heterocycles. The van der Waals surface area contributed by atoms with Crippen LogP contribution in [0.5, 0.6) is 0 Å². The fraction of sp³-hybridized carbons (Fsp3) is 0.200. The third-order valence-corrected chi connectivity index (χ3v) is 4.43. The van der Waals surface area contributed by atoms with Crippen molar-refractivity contribution in [1.82, 2.24) is 0 Å². The molecule has 0 aliphatic heterocycles. The first-order valence-corrected chi connectivity index (χ1v) is 7.17. The zero-order chi connectivity index (χ0) is 13.3. The van der Waals surface area contributed by atoms with E-state index in [9.17, 15) is 4.39 Å². The van der Waals surface area contributed by atoms with E-state index < -0.39 is 0 Å². The molecule has 1 atom stereocenters. The summed E-state index contributed by atoms with van der Waals surface area (Å²) >= 11 is 8.85. The van der Waals surface area contributed by atoms with Gasteiger partial charge in [-0.15, -0.1) is 11.6 Å². The maximum absolute atomic E-state index is 13.3. The molecule has 2 rings (SSSR count). The van der Waals surface area contributed by atoms with Crippen LogP contribution in [-0.4, -0.2) is 0 Å². The van der Waals surface area contributed by atoms with Crippen molar-refractivity contribution in [3.8, 4) is 0 Å². The van der Waals surface area contributed by atoms with Gasteiger partial charge >= 0.3 is 0 Å². The van der Waals surface area contributed by atoms with Gasteiger partial charge < -0.3 is 0 Å². The maximum Gasteiger partial charge on any atom is 0.123 e. The van der Waals surface area contributed by atoms with Crippen molar-refractivity contribution in [2.45, 2.75) is 19.2 Å². The average molecular weight is 375 g/mol. The van der Waals surface area contributed by atoms with Gasteiger partial charge in [0.15, 0.2) is 0 Å². The summed E-state index contributed by atoms with van der Waals surface area (Å²) in [5, 5.41) is -0.237. The lowest BCUT2D eigenvalue weighted by Gasteiger charge is -2.17. The predicted octanol–water partition coefficient (Wildman–Crippen LogP) is 5.38. The SMILES string of the molecule is Cc1cc(F)cc(C)c1C(Cl)c1ccccc1I. The summed E-state index contributed by atoms with van der Waals surface area (Å²) in [4.78, 5) is 0. The summed E-state index contributed by atoms with van der Waals surface area (Å²) < 4.78 is 14.4. The standard InChI is InChI=1S/C15H13ClFI/c1-9-7-11(17)8-10(2)14(9)15(16)12-5-3-4-6-13(12)18/h3-8,15H,1-2H3. The van der Waals surface area contributed by atoms with Gasteiger partial charge in [-0.2, -0.15) is 0 Å². The maximum atomic E-state index is 13.3. The van der Waals surface area contributed by atoms with E-state index in [4.69, 9.17) is 11.6 Å². The quantitative estimate of drug-likeness (QED) is 0.489. The van der Waals surface area contributed by atoms with Gasteiger partial charge in [0.25, 0.3) is 0 Å². The zero-order valence-electron chi connectivity index (χ0n) is 10.2. The molecule has 2 aromatic carbocycles. The van der Waals surface area contributed by atoms with Gasteiger partial charge in [0.05, 0.1) is 5.38 Å². The van der Waals surface area contributed by atoms with Crippen molar-refractivity contribution < 1.29 is 4.39 Å². The van der Waals surface area contributed by atoms with Crippen molar-refractivity contribution in [1.29, 1.82) is 0 Å². The van der Waals surface area contributed by atoms with Crippen molar-refractivity contribution in [3.63, 3.8) is 0 Å². The van der Waals surface area contributed by atoms with Gasteiger partial charge in [-0.25, -0.2) is 4.39 Å². The molecule has 3 heteroatoms. The van der Waals surface area contributed by atoms with Crippen LogP contribution < -0.4 is 0 Å². The molecule has 0 spiro atoms. The Morgan fingerprint density at radius 2 is 1.67 bits per heavy atom. The lowest BCUT2D eigenvalue weighted by Crippen LogP contribution is -2.02. The van der Waals surface area contributed by atoms with Crippen LogP contribution in [0.15, 0.2) is 36.4 Å². The topological polar surface area (TPSA) is 0 Å². The van der Waals surface area contributed by atoms with Crippen molar-refractivity contribution in [2.24, 2.45) is 0 Å². The minimum absolute atomic E-state index is 0.208. The molecule has 1 unspecified atom stereocenters. The molecule has 0 saturated carbocycles. The van der Waals surface area contributed by atoms with Crippen LogP contribution in [-0.2, 0) is 0 Å². The largest absolute Gasteiger partial charge is 0.207 e. The molecular formula is C15H13ClFI. The first kappa shape index (κ1) is 13.8. The van der Waals surface area contributed by atoms with Crippen LogP contribution in [0.1, 0.15) is 27.6 Å². The van der Waals surface area contributed by atoms with Crippen LogP contribution in [0, 0.1) is 23.2 Å². The van der Waals surface area contributed by atoms with Gasteiger partial charge in [0.1, 0.15) is 5.82 Å². The highest BCUT2D eigenvalue weighted by atomic mass is 127. The van der Waals surface area contributed by atoms with Crippen molar-refractivity contribution in [2.75, 3.05) is 0 Å². The Morgan fingerprint density at radius 1 is 1.11 bits per heavy atom. The first-order valence-electron chi connectivity index (χ1n) is 5.66. The van der Waals surface area contributed by atoms with Crippen LogP contribution in [0.3, 0.4) is 0 Å². The summed E-state index contributed by atoms with van der Waals surface area (Å²) in [5.74, 6) is -0.208. The third-order valence-electron chi connectivity index (χ3n) is 2.99. The van der Waals surface area contributed by atoms with E-state index in [1.807, 2.05) is 38.1 Å². The molecule has 0 aliphatic carbocycles. The van der Waals surface area contributed by atoms with E-state index in [1.54, 1.807) is 0 Å². The van der Waals surface area contributed by atoms with Crippen molar-refractivity contribution in [3.05, 3.63) is 68.0 Å². The number of alkyl halides is 1. The van der Waals surface area contributed by atoms with Crippen LogP contribution in [0.2, 0.25) is 0 Å². The summed E-state index contributed by atoms with van der Waals surface area (Å²) in [6.07, 6.45) is 0. The van der Waals surface area contributed by atoms with Gasteiger partial charge in [0, 0.05) is 3.57 Å². The highest BCUT2D eigenvalue weighted by Crippen LogP contribution is 2.35. The fourth-order valence-electron chi connectivity index (χ4n) is 2.16. The van der Waals surface area contributed by atoms with E-state index >= 15 is 0 Å². The number of halogens is 3. The number of benzene rings is 2. The molecule has 0 heterocycles. The van der Waals surface area contributed by atoms with E-state index in [2.05, 4.69) is 22.6 Å². The molecule has 0 aliphatic rings. The molecule has 0 bridgehead atoms. The van der Waals surface area contributed by atoms with Gasteiger partial charge in [0.2, 0.25) is 0 Å². The molecule has 0 amide bonds. The monoisotopic (exact) mass is 374 g/mol. The third kappa shape index (κ3) is 2.69. The van der Waals surface area contributed by atoms with Crippen LogP contribution in [0.25, 0.3) is 0 Å². The van der Waals surface area contributed by atoms with E-state index in [0.717, 1.165) is 25.8 Å². The second kappa shape index (κ2) is 5.57. The van der Waals surface area contributed by atoms with Crippen LogP contribution >= 0.6 is 34.2 Å². The Balaban J connectivity index is 2.53. The Kier molecular flexibility index (Phi) is 4.28. The second-order valence-electron chi connectivity index (χ2n) is 4.34. The van der Waals surface area contributed by atoms with E-state index in [1.165, 1.54) is 12.1 Å². The van der Waals surface area contributed by atoms with Crippen molar-refractivity contribution >= 4 is 34.2 Å². The average Bonchev–Trinajstić information content (AvgIpc) is 2.27. The molecule has 0 aromatic heterocycles. The van der Waals surface area contributed by atoms with Gasteiger partial charge in [-0.3, -0.25) is 0 Å². The Morgan fingerprint density at radius 3 is 2.22 bits per heavy atom. The number of hydrogen-bond acceptors (Lipinski definition) is 0. The molecule has 0 N–H and O–H groups in total. The number of hydrogen-bond donors (Lipinski definition) is 0. The Labute approximate surface area is 125 Å². The van der Waals surface area contributed by atoms with Crippen LogP contribution in [0.4, 0.5) is 4.39 Å². The lowest BCUT2D eigenvalue weighted by molar-refractivity contribution is 0.624. The Hall–Kier alpha value is -0.610. The molecular weight excluding hydrogens is 362 g/mol. The molecule has 0 nitrogen and oxygen atoms in total. The lowest BCUT2D eigenvalue weighted by atomic mass is 9.95. The molecule has 94 valence electrons. The zero-order valence-corrected chi connectivity index (χ0v) is 13.1. The summed E-state index contributed by atoms with van der Waals surface area (Å²) in [6.45, 7) is 3.80. The van der Waals surface area contributed by atoms with Gasteiger partial charge in [-0.1, -0.05) is 18.2 Å². The second-order valence-corrected chi connectivity index (χ2v) is 5.94. The summed E-state index contributed by atoms with van der Waals surface area (Å²) in [7, 11) is 0. The van der Waals surface area contributed by atoms with E-state index in [0.29, 0.717) is 0 Å². The van der Waals surface area contributed by atoms with E-state index in [-0.39, 0.29) is 11.2 Å². The normalized spacial score (nSPS) is 12.5. The minimum Gasteiger partial charge on any atom is -0.207 e. The smallest absolute Gasteiger partial charge is 0.123 e. The first-order chi connectivity index (χ1) is 8.50. The Bertz CT molecular complexity index is 557. The molecule has 0 fully saturated rings. The van der Waals surface area contributed by atoms with Gasteiger partial charge in [-0.05, 0) is 76.9 Å². The number of rotatable bonds is 2. The fourth-order valence-corrected chi connectivity index (χ4v) is 3.58. The predicted molar refractivity (Wildman–Crippen MR) is 82.7 cm³/mol. The summed E-state index contributed by atoms with van der Waals surface area (Å²) in [6, 6.07) is 11.1. The highest BCUT2D eigenvalue weighted by Gasteiger charge is 2.18. The molecule has 18 heavy (non-hydrogen) atoms. The molecule has 0 radical (unpaired) electrons. The highest BCUT2D eigenvalue weighted by molar-refractivity contribution is 14.1. The molecule has 2 aromatic rings. The number of aryl methyl sites for hydroxylation is 2.